The Kier molecular flexibility index (Phi) is 3.34. The van der Waals surface area contributed by atoms with Gasteiger partial charge in [0.15, 0.2) is 0 Å². The number of thiophene rings is 1. The van der Waals surface area contributed by atoms with Gasteiger partial charge < -0.3 is 0 Å². The first-order valence-corrected chi connectivity index (χ1v) is 6.19. The lowest BCUT2D eigenvalue weighted by Gasteiger charge is -2.14. The van der Waals surface area contributed by atoms with Gasteiger partial charge in [-0.25, -0.2) is 0 Å². The van der Waals surface area contributed by atoms with Gasteiger partial charge in [0, 0.05) is 11.6 Å². The Morgan fingerprint density at radius 1 is 1.57 bits per heavy atom. The van der Waals surface area contributed by atoms with E-state index in [9.17, 15) is 0 Å². The summed E-state index contributed by atoms with van der Waals surface area (Å²) in [6.07, 6.45) is 3.69. The van der Waals surface area contributed by atoms with Gasteiger partial charge in [0.2, 0.25) is 0 Å². The Bertz CT molecular complexity index is 323. The van der Waals surface area contributed by atoms with Gasteiger partial charge in [-0.05, 0) is 18.4 Å². The molecule has 5 heteroatoms. The number of hydrogen-bond donors (Lipinski definition) is 2. The van der Waals surface area contributed by atoms with E-state index in [0.29, 0.717) is 0 Å². The summed E-state index contributed by atoms with van der Waals surface area (Å²) in [5.74, 6) is 6.32. The van der Waals surface area contributed by atoms with E-state index in [1.54, 1.807) is 0 Å². The maximum absolute atomic E-state index is 6.06. The van der Waals surface area contributed by atoms with Crippen molar-refractivity contribution in [3.63, 3.8) is 0 Å². The molecule has 1 heterocycles. The molecule has 0 spiro atoms. The van der Waals surface area contributed by atoms with E-state index in [0.717, 1.165) is 26.6 Å². The molecule has 1 atom stereocenters. The minimum absolute atomic E-state index is 0.152. The first-order chi connectivity index (χ1) is 6.70. The maximum atomic E-state index is 6.06. The molecule has 0 amide bonds. The quantitative estimate of drug-likeness (QED) is 0.636. The average Bonchev–Trinajstić information content (AvgIpc) is 2.89. The maximum Gasteiger partial charge on any atom is 0.0992 e. The van der Waals surface area contributed by atoms with E-state index in [2.05, 4.69) is 5.43 Å². The summed E-state index contributed by atoms with van der Waals surface area (Å²) < 4.78 is 1.47. The molecule has 14 heavy (non-hydrogen) atoms. The third-order valence-corrected chi connectivity index (χ3v) is 4.04. The van der Waals surface area contributed by atoms with Crippen molar-refractivity contribution in [3.05, 3.63) is 20.3 Å². The van der Waals surface area contributed by atoms with Gasteiger partial charge in [-0.1, -0.05) is 36.0 Å². The molecule has 1 fully saturated rings. The minimum Gasteiger partial charge on any atom is -0.271 e. The highest BCUT2D eigenvalue weighted by atomic mass is 35.5. The topological polar surface area (TPSA) is 38.0 Å². The predicted octanol–water partition coefficient (Wildman–Crippen LogP) is 3.36. The van der Waals surface area contributed by atoms with Crippen molar-refractivity contribution in [2.45, 2.75) is 25.3 Å². The summed E-state index contributed by atoms with van der Waals surface area (Å²) in [6, 6.07) is 2.06. The first-order valence-electron chi connectivity index (χ1n) is 4.61. The Hall–Kier alpha value is 0.200. The third-order valence-electron chi connectivity index (χ3n) is 2.53. The van der Waals surface area contributed by atoms with Crippen LogP contribution < -0.4 is 11.3 Å². The van der Waals surface area contributed by atoms with Crippen LogP contribution in [0.2, 0.25) is 8.67 Å². The van der Waals surface area contributed by atoms with Crippen molar-refractivity contribution in [1.82, 2.24) is 5.43 Å². The van der Waals surface area contributed by atoms with Gasteiger partial charge >= 0.3 is 0 Å². The number of halogens is 2. The SMILES string of the molecule is NNC(CC1CC1)c1cc(Cl)sc1Cl. The summed E-state index contributed by atoms with van der Waals surface area (Å²) in [4.78, 5) is 0. The van der Waals surface area contributed by atoms with Gasteiger partial charge in [-0.2, -0.15) is 0 Å². The van der Waals surface area contributed by atoms with Crippen molar-refractivity contribution in [2.75, 3.05) is 0 Å². The molecule has 2 rings (SSSR count). The molecule has 0 aliphatic heterocycles. The lowest BCUT2D eigenvalue weighted by Crippen LogP contribution is -2.28. The molecule has 0 saturated heterocycles. The van der Waals surface area contributed by atoms with Crippen LogP contribution >= 0.6 is 34.5 Å². The normalized spacial score (nSPS) is 18.5. The molecule has 1 aliphatic carbocycles. The molecule has 0 bridgehead atoms. The average molecular weight is 251 g/mol. The van der Waals surface area contributed by atoms with E-state index >= 15 is 0 Å². The Morgan fingerprint density at radius 3 is 2.71 bits per heavy atom. The highest BCUT2D eigenvalue weighted by Crippen LogP contribution is 2.41. The van der Waals surface area contributed by atoms with Crippen molar-refractivity contribution in [3.8, 4) is 0 Å². The highest BCUT2D eigenvalue weighted by Gasteiger charge is 2.27. The van der Waals surface area contributed by atoms with Crippen LogP contribution in [0.25, 0.3) is 0 Å². The largest absolute Gasteiger partial charge is 0.271 e. The second-order valence-corrected chi connectivity index (χ2v) is 5.96. The highest BCUT2D eigenvalue weighted by molar-refractivity contribution is 7.20. The zero-order chi connectivity index (χ0) is 10.1. The molecule has 0 aromatic carbocycles. The lowest BCUT2D eigenvalue weighted by atomic mass is 10.1. The molecule has 1 aromatic rings. The zero-order valence-corrected chi connectivity index (χ0v) is 9.92. The van der Waals surface area contributed by atoms with Gasteiger partial charge in [-0.15, -0.1) is 11.3 Å². The summed E-state index contributed by atoms with van der Waals surface area (Å²) in [5.41, 5.74) is 3.85. The molecule has 0 radical (unpaired) electrons. The molecule has 2 nitrogen and oxygen atoms in total. The Labute approximate surface area is 97.4 Å². The van der Waals surface area contributed by atoms with Crippen LogP contribution in [-0.4, -0.2) is 0 Å². The summed E-state index contributed by atoms with van der Waals surface area (Å²) in [7, 11) is 0. The number of nitrogens with one attached hydrogen (secondary N) is 1. The summed E-state index contributed by atoms with van der Waals surface area (Å²) >= 11 is 13.3. The van der Waals surface area contributed by atoms with E-state index in [1.807, 2.05) is 6.07 Å². The van der Waals surface area contributed by atoms with Crippen LogP contribution in [0.15, 0.2) is 6.07 Å². The van der Waals surface area contributed by atoms with Crippen molar-refractivity contribution < 1.29 is 0 Å². The Balaban J connectivity index is 2.12. The second kappa shape index (κ2) is 4.37. The minimum atomic E-state index is 0.152. The molecule has 3 N–H and O–H groups in total. The monoisotopic (exact) mass is 250 g/mol. The summed E-state index contributed by atoms with van der Waals surface area (Å²) in [5, 5.41) is 0. The number of nitrogens with two attached hydrogens (primary N) is 1. The van der Waals surface area contributed by atoms with Gasteiger partial charge in [0.1, 0.15) is 0 Å². The fraction of sp³-hybridized carbons (Fsp3) is 0.556. The van der Waals surface area contributed by atoms with E-state index in [4.69, 9.17) is 29.0 Å². The molecule has 1 aliphatic rings. The molecular weight excluding hydrogens is 239 g/mol. The predicted molar refractivity (Wildman–Crippen MR) is 61.7 cm³/mol. The lowest BCUT2D eigenvalue weighted by molar-refractivity contribution is 0.488. The van der Waals surface area contributed by atoms with E-state index in [-0.39, 0.29) is 6.04 Å². The first kappa shape index (κ1) is 10.7. The Morgan fingerprint density at radius 2 is 2.29 bits per heavy atom. The number of rotatable bonds is 4. The van der Waals surface area contributed by atoms with Crippen molar-refractivity contribution in [2.24, 2.45) is 11.8 Å². The molecule has 1 unspecified atom stereocenters. The van der Waals surface area contributed by atoms with Gasteiger partial charge in [0.25, 0.3) is 0 Å². The zero-order valence-electron chi connectivity index (χ0n) is 7.59. The van der Waals surface area contributed by atoms with Crippen molar-refractivity contribution >= 4 is 34.5 Å². The van der Waals surface area contributed by atoms with E-state index < -0.39 is 0 Å². The smallest absolute Gasteiger partial charge is 0.0992 e. The van der Waals surface area contributed by atoms with Gasteiger partial charge in [0.05, 0.1) is 8.67 Å². The van der Waals surface area contributed by atoms with Crippen LogP contribution in [-0.2, 0) is 0 Å². The molecule has 78 valence electrons. The van der Waals surface area contributed by atoms with Crippen LogP contribution in [0.4, 0.5) is 0 Å². The molecule has 1 saturated carbocycles. The van der Waals surface area contributed by atoms with Crippen LogP contribution in [0, 0.1) is 5.92 Å². The van der Waals surface area contributed by atoms with Crippen molar-refractivity contribution in [1.29, 1.82) is 0 Å². The van der Waals surface area contributed by atoms with Crippen LogP contribution in [0.3, 0.4) is 0 Å². The van der Waals surface area contributed by atoms with E-state index in [1.165, 1.54) is 24.2 Å². The molecule has 1 aromatic heterocycles. The summed E-state index contributed by atoms with van der Waals surface area (Å²) in [6.45, 7) is 0. The standard InChI is InChI=1S/C9H12Cl2N2S/c10-8-4-6(9(11)14-8)7(13-12)3-5-1-2-5/h4-5,7,13H,1-3,12H2. The number of hydrazine groups is 1. The fourth-order valence-electron chi connectivity index (χ4n) is 1.56. The van der Waals surface area contributed by atoms with Crippen LogP contribution in [0.5, 0.6) is 0 Å². The number of hydrogen-bond acceptors (Lipinski definition) is 3. The van der Waals surface area contributed by atoms with Crippen LogP contribution in [0.1, 0.15) is 30.9 Å². The van der Waals surface area contributed by atoms with Gasteiger partial charge in [-0.3, -0.25) is 11.3 Å². The third kappa shape index (κ3) is 2.41. The molecular formula is C9H12Cl2N2S. The second-order valence-electron chi connectivity index (χ2n) is 3.68. The fourth-order valence-corrected chi connectivity index (χ4v) is 3.14.